The topological polar surface area (TPSA) is 85.0 Å². The SMILES string of the molecule is CN1CCN(C(=O)CCC2CNC(=O)C3CC(NC(=O)c4cccc(F)c4)CN23)CC1. The molecular formula is C22H30FN5O3. The second-order valence-electron chi connectivity index (χ2n) is 8.75. The van der Waals surface area contributed by atoms with Gasteiger partial charge in [0, 0.05) is 63.3 Å². The van der Waals surface area contributed by atoms with E-state index in [0.29, 0.717) is 32.4 Å². The molecule has 168 valence electrons. The molecule has 4 rings (SSSR count). The summed E-state index contributed by atoms with van der Waals surface area (Å²) in [5, 5.41) is 5.88. The van der Waals surface area contributed by atoms with E-state index in [9.17, 15) is 18.8 Å². The minimum Gasteiger partial charge on any atom is -0.353 e. The van der Waals surface area contributed by atoms with E-state index in [1.54, 1.807) is 6.07 Å². The number of hydrogen-bond donors (Lipinski definition) is 2. The van der Waals surface area contributed by atoms with E-state index >= 15 is 0 Å². The maximum absolute atomic E-state index is 13.4. The molecule has 3 aliphatic rings. The number of hydrogen-bond acceptors (Lipinski definition) is 5. The fourth-order valence-electron chi connectivity index (χ4n) is 4.75. The second-order valence-corrected chi connectivity index (χ2v) is 8.75. The largest absolute Gasteiger partial charge is 0.353 e. The molecule has 0 radical (unpaired) electrons. The van der Waals surface area contributed by atoms with E-state index in [2.05, 4.69) is 27.5 Å². The van der Waals surface area contributed by atoms with Gasteiger partial charge < -0.3 is 20.4 Å². The average Bonchev–Trinajstić information content (AvgIpc) is 3.18. The maximum atomic E-state index is 13.4. The molecule has 0 bridgehead atoms. The van der Waals surface area contributed by atoms with Crippen molar-refractivity contribution in [2.24, 2.45) is 0 Å². The van der Waals surface area contributed by atoms with Crippen molar-refractivity contribution < 1.29 is 18.8 Å². The van der Waals surface area contributed by atoms with E-state index < -0.39 is 5.82 Å². The molecular weight excluding hydrogens is 401 g/mol. The number of amides is 3. The number of likely N-dealkylation sites (N-methyl/N-ethyl adjacent to an activating group) is 1. The van der Waals surface area contributed by atoms with Crippen LogP contribution >= 0.6 is 0 Å². The predicted octanol–water partition coefficient (Wildman–Crippen LogP) is 0.0510. The lowest BCUT2D eigenvalue weighted by molar-refractivity contribution is -0.133. The molecule has 9 heteroatoms. The Morgan fingerprint density at radius 3 is 2.74 bits per heavy atom. The summed E-state index contributed by atoms with van der Waals surface area (Å²) in [4.78, 5) is 43.7. The minimum atomic E-state index is -0.457. The Morgan fingerprint density at radius 1 is 1.23 bits per heavy atom. The number of benzene rings is 1. The average molecular weight is 432 g/mol. The van der Waals surface area contributed by atoms with E-state index in [-0.39, 0.29) is 41.4 Å². The quantitative estimate of drug-likeness (QED) is 0.688. The van der Waals surface area contributed by atoms with Crippen LogP contribution in [0.25, 0.3) is 0 Å². The van der Waals surface area contributed by atoms with Gasteiger partial charge in [-0.25, -0.2) is 4.39 Å². The predicted molar refractivity (Wildman–Crippen MR) is 113 cm³/mol. The molecule has 3 saturated heterocycles. The number of nitrogens with zero attached hydrogens (tertiary/aromatic N) is 3. The Morgan fingerprint density at radius 2 is 2.00 bits per heavy atom. The first kappa shape index (κ1) is 21.7. The number of rotatable bonds is 5. The number of carbonyl (C=O) groups excluding carboxylic acids is 3. The van der Waals surface area contributed by atoms with Crippen LogP contribution < -0.4 is 10.6 Å². The molecule has 0 aromatic heterocycles. The lowest BCUT2D eigenvalue weighted by Gasteiger charge is -2.38. The molecule has 3 atom stereocenters. The lowest BCUT2D eigenvalue weighted by atomic mass is 10.0. The van der Waals surface area contributed by atoms with Crippen LogP contribution in [-0.2, 0) is 9.59 Å². The first-order valence-corrected chi connectivity index (χ1v) is 11.0. The van der Waals surface area contributed by atoms with Gasteiger partial charge in [0.25, 0.3) is 5.91 Å². The van der Waals surface area contributed by atoms with E-state index in [1.165, 1.54) is 18.2 Å². The van der Waals surface area contributed by atoms with E-state index in [0.717, 1.165) is 26.2 Å². The van der Waals surface area contributed by atoms with Gasteiger partial charge >= 0.3 is 0 Å². The molecule has 3 aliphatic heterocycles. The van der Waals surface area contributed by atoms with Crippen LogP contribution in [0, 0.1) is 5.82 Å². The van der Waals surface area contributed by atoms with Gasteiger partial charge in [0.05, 0.1) is 6.04 Å². The van der Waals surface area contributed by atoms with Crippen LogP contribution in [0.3, 0.4) is 0 Å². The summed E-state index contributed by atoms with van der Waals surface area (Å²) in [5.41, 5.74) is 0.267. The summed E-state index contributed by atoms with van der Waals surface area (Å²) < 4.78 is 13.4. The zero-order valence-corrected chi connectivity index (χ0v) is 17.8. The molecule has 3 unspecified atom stereocenters. The fraction of sp³-hybridized carbons (Fsp3) is 0.591. The van der Waals surface area contributed by atoms with E-state index in [4.69, 9.17) is 0 Å². The van der Waals surface area contributed by atoms with Gasteiger partial charge in [-0.05, 0) is 38.1 Å². The third kappa shape index (κ3) is 5.04. The van der Waals surface area contributed by atoms with Crippen LogP contribution in [-0.4, -0.2) is 96.9 Å². The Hall–Kier alpha value is -2.52. The summed E-state index contributed by atoms with van der Waals surface area (Å²) in [6.07, 6.45) is 1.64. The molecule has 0 aliphatic carbocycles. The highest BCUT2D eigenvalue weighted by atomic mass is 19.1. The molecule has 1 aromatic rings. The van der Waals surface area contributed by atoms with Gasteiger partial charge in [-0.2, -0.15) is 0 Å². The van der Waals surface area contributed by atoms with Gasteiger partial charge in [-0.1, -0.05) is 6.07 Å². The first-order chi connectivity index (χ1) is 14.9. The summed E-state index contributed by atoms with van der Waals surface area (Å²) in [7, 11) is 2.06. The lowest BCUT2D eigenvalue weighted by Crippen LogP contribution is -2.58. The smallest absolute Gasteiger partial charge is 0.251 e. The molecule has 8 nitrogen and oxygen atoms in total. The fourth-order valence-corrected chi connectivity index (χ4v) is 4.75. The van der Waals surface area contributed by atoms with Crippen molar-refractivity contribution in [1.29, 1.82) is 0 Å². The Kier molecular flexibility index (Phi) is 6.52. The molecule has 2 N–H and O–H groups in total. The number of halogens is 1. The van der Waals surface area contributed by atoms with Crippen LogP contribution in [0.1, 0.15) is 29.6 Å². The van der Waals surface area contributed by atoms with Gasteiger partial charge in [0.1, 0.15) is 5.82 Å². The summed E-state index contributed by atoms with van der Waals surface area (Å²) in [6.45, 7) is 4.37. The Labute approximate surface area is 181 Å². The zero-order chi connectivity index (χ0) is 22.0. The van der Waals surface area contributed by atoms with Crippen LogP contribution in [0.4, 0.5) is 4.39 Å². The standard InChI is InChI=1S/C22H30FN5O3/c1-26-7-9-27(10-8-26)20(29)6-5-18-13-24-22(31)19-12-17(14-28(18)19)25-21(30)15-3-2-4-16(23)11-15/h2-4,11,17-19H,5-10,12-14H2,1H3,(H,24,31)(H,25,30). The molecule has 0 spiro atoms. The molecule has 3 fully saturated rings. The van der Waals surface area contributed by atoms with Crippen molar-refractivity contribution in [1.82, 2.24) is 25.3 Å². The Bertz CT molecular complexity index is 842. The summed E-state index contributed by atoms with van der Waals surface area (Å²) in [5.74, 6) is -0.673. The summed E-state index contributed by atoms with van der Waals surface area (Å²) >= 11 is 0. The van der Waals surface area contributed by atoms with Crippen LogP contribution in [0.5, 0.6) is 0 Å². The third-order valence-electron chi connectivity index (χ3n) is 6.59. The van der Waals surface area contributed by atoms with Crippen LogP contribution in [0.15, 0.2) is 24.3 Å². The van der Waals surface area contributed by atoms with Crippen molar-refractivity contribution in [3.8, 4) is 0 Å². The van der Waals surface area contributed by atoms with Gasteiger partial charge in [0.2, 0.25) is 11.8 Å². The number of piperazine rings is 2. The number of carbonyl (C=O) groups is 3. The third-order valence-corrected chi connectivity index (χ3v) is 6.59. The van der Waals surface area contributed by atoms with Crippen molar-refractivity contribution in [2.45, 2.75) is 37.4 Å². The number of fused-ring (bicyclic) bond motifs is 1. The van der Waals surface area contributed by atoms with Crippen molar-refractivity contribution in [3.63, 3.8) is 0 Å². The van der Waals surface area contributed by atoms with Crippen molar-refractivity contribution in [2.75, 3.05) is 46.3 Å². The van der Waals surface area contributed by atoms with Gasteiger partial charge in [-0.15, -0.1) is 0 Å². The minimum absolute atomic E-state index is 0.0378. The normalized spacial score (nSPS) is 27.0. The molecule has 3 heterocycles. The highest BCUT2D eigenvalue weighted by Crippen LogP contribution is 2.26. The summed E-state index contributed by atoms with van der Waals surface area (Å²) in [6, 6.07) is 5.14. The van der Waals surface area contributed by atoms with Crippen molar-refractivity contribution in [3.05, 3.63) is 35.6 Å². The zero-order valence-electron chi connectivity index (χ0n) is 17.8. The monoisotopic (exact) mass is 431 g/mol. The second kappa shape index (κ2) is 9.32. The van der Waals surface area contributed by atoms with Gasteiger partial charge in [-0.3, -0.25) is 19.3 Å². The van der Waals surface area contributed by atoms with Gasteiger partial charge in [0.15, 0.2) is 0 Å². The number of nitrogens with one attached hydrogen (secondary N) is 2. The molecule has 1 aromatic carbocycles. The van der Waals surface area contributed by atoms with Crippen molar-refractivity contribution >= 4 is 17.7 Å². The van der Waals surface area contributed by atoms with E-state index in [1.807, 2.05) is 4.90 Å². The van der Waals surface area contributed by atoms with Crippen LogP contribution in [0.2, 0.25) is 0 Å². The molecule has 0 saturated carbocycles. The first-order valence-electron chi connectivity index (χ1n) is 11.0. The Balaban J connectivity index is 1.32. The molecule has 31 heavy (non-hydrogen) atoms. The molecule has 3 amide bonds. The highest BCUT2D eigenvalue weighted by Gasteiger charge is 2.43. The highest BCUT2D eigenvalue weighted by molar-refractivity contribution is 5.94. The maximum Gasteiger partial charge on any atom is 0.251 e.